The molecule has 1 saturated heterocycles. The molecule has 1 atom stereocenters. The number of rotatable bonds is 9. The van der Waals surface area contributed by atoms with Gasteiger partial charge in [0.2, 0.25) is 0 Å². The monoisotopic (exact) mass is 371 g/mol. The number of ether oxygens (including phenoxy) is 4. The van der Waals surface area contributed by atoms with Gasteiger partial charge in [0.05, 0.1) is 38.2 Å². The van der Waals surface area contributed by atoms with E-state index in [-0.39, 0.29) is 6.10 Å². The van der Waals surface area contributed by atoms with Gasteiger partial charge in [-0.05, 0) is 25.3 Å². The Morgan fingerprint density at radius 1 is 1.33 bits per heavy atom. The zero-order valence-corrected chi connectivity index (χ0v) is 15.8. The Kier molecular flexibility index (Phi) is 6.69. The Labute approximate surface area is 159 Å². The molecular weight excluding hydrogens is 346 g/mol. The van der Waals surface area contributed by atoms with E-state index >= 15 is 0 Å². The highest BCUT2D eigenvalue weighted by Gasteiger charge is 2.16. The van der Waals surface area contributed by atoms with E-state index in [1.54, 1.807) is 26.5 Å². The lowest BCUT2D eigenvalue weighted by atomic mass is 10.1. The number of nitrogens with one attached hydrogen (secondary N) is 1. The number of anilines is 1. The van der Waals surface area contributed by atoms with Crippen molar-refractivity contribution in [1.82, 2.24) is 4.98 Å². The average molecular weight is 371 g/mol. The van der Waals surface area contributed by atoms with Gasteiger partial charge in [-0.2, -0.15) is 5.26 Å². The second-order valence-electron chi connectivity index (χ2n) is 6.37. The van der Waals surface area contributed by atoms with Gasteiger partial charge in [-0.15, -0.1) is 0 Å². The predicted molar refractivity (Wildman–Crippen MR) is 102 cm³/mol. The summed E-state index contributed by atoms with van der Waals surface area (Å²) in [7, 11) is 3.19. The highest BCUT2D eigenvalue weighted by Crippen LogP contribution is 2.35. The Balaban J connectivity index is 1.67. The molecule has 144 valence electrons. The van der Waals surface area contributed by atoms with Crippen LogP contribution >= 0.6 is 0 Å². The number of nitrogens with zero attached hydrogens (tertiary/aromatic N) is 2. The highest BCUT2D eigenvalue weighted by atomic mass is 16.5. The number of methoxy groups -OCH3 is 2. The van der Waals surface area contributed by atoms with Gasteiger partial charge >= 0.3 is 0 Å². The number of fused-ring (bicyclic) bond motifs is 1. The third-order valence-electron chi connectivity index (χ3n) is 4.58. The molecule has 0 spiro atoms. The molecule has 2 heterocycles. The van der Waals surface area contributed by atoms with E-state index in [0.717, 1.165) is 36.9 Å². The summed E-state index contributed by atoms with van der Waals surface area (Å²) in [5, 5.41) is 13.6. The molecule has 0 aliphatic carbocycles. The third kappa shape index (κ3) is 4.59. The number of hydrogen-bond acceptors (Lipinski definition) is 7. The van der Waals surface area contributed by atoms with Crippen LogP contribution in [-0.2, 0) is 9.47 Å². The van der Waals surface area contributed by atoms with E-state index < -0.39 is 0 Å². The van der Waals surface area contributed by atoms with Gasteiger partial charge in [0, 0.05) is 37.4 Å². The summed E-state index contributed by atoms with van der Waals surface area (Å²) in [5.41, 5.74) is 1.91. The topological polar surface area (TPSA) is 85.6 Å². The summed E-state index contributed by atoms with van der Waals surface area (Å²) in [4.78, 5) is 4.38. The maximum atomic E-state index is 9.46. The Morgan fingerprint density at radius 2 is 2.22 bits per heavy atom. The second kappa shape index (κ2) is 9.40. The number of hydrogen-bond donors (Lipinski definition) is 1. The Bertz CT molecular complexity index is 813. The van der Waals surface area contributed by atoms with Crippen LogP contribution in [0.2, 0.25) is 0 Å². The lowest BCUT2D eigenvalue weighted by Crippen LogP contribution is -2.16. The van der Waals surface area contributed by atoms with E-state index in [9.17, 15) is 5.26 Å². The number of pyridine rings is 1. The Morgan fingerprint density at radius 3 is 2.93 bits per heavy atom. The van der Waals surface area contributed by atoms with Gasteiger partial charge in [-0.1, -0.05) is 0 Å². The van der Waals surface area contributed by atoms with Crippen molar-refractivity contribution in [2.45, 2.75) is 25.4 Å². The maximum absolute atomic E-state index is 9.46. The van der Waals surface area contributed by atoms with Crippen LogP contribution < -0.4 is 14.8 Å². The fraction of sp³-hybridized carbons (Fsp3) is 0.500. The summed E-state index contributed by atoms with van der Waals surface area (Å²) in [6.07, 6.45) is 4.83. The molecule has 0 radical (unpaired) electrons. The van der Waals surface area contributed by atoms with E-state index in [2.05, 4.69) is 16.4 Å². The first-order chi connectivity index (χ1) is 13.3. The van der Waals surface area contributed by atoms with Crippen molar-refractivity contribution in [3.05, 3.63) is 23.9 Å². The SMILES string of the molecule is COc1cc(OC)c2ncc(C#N)c(NCCCOC[C@H]3CCCO3)c2c1. The highest BCUT2D eigenvalue weighted by molar-refractivity contribution is 5.98. The van der Waals surface area contributed by atoms with Crippen LogP contribution in [0.25, 0.3) is 10.9 Å². The minimum atomic E-state index is 0.243. The largest absolute Gasteiger partial charge is 0.497 e. The molecule has 1 fully saturated rings. The smallest absolute Gasteiger partial charge is 0.148 e. The molecule has 0 saturated carbocycles. The lowest BCUT2D eigenvalue weighted by Gasteiger charge is -2.15. The zero-order valence-electron chi connectivity index (χ0n) is 15.8. The quantitative estimate of drug-likeness (QED) is 0.678. The van der Waals surface area contributed by atoms with Crippen LogP contribution in [0.4, 0.5) is 5.69 Å². The first-order valence-electron chi connectivity index (χ1n) is 9.15. The van der Waals surface area contributed by atoms with Gasteiger partial charge in [-0.25, -0.2) is 0 Å². The molecule has 2 aromatic rings. The molecule has 0 unspecified atom stereocenters. The third-order valence-corrected chi connectivity index (χ3v) is 4.58. The molecule has 1 N–H and O–H groups in total. The molecule has 1 aromatic carbocycles. The van der Waals surface area contributed by atoms with Crippen molar-refractivity contribution in [1.29, 1.82) is 5.26 Å². The van der Waals surface area contributed by atoms with Crippen LogP contribution in [0.15, 0.2) is 18.3 Å². The van der Waals surface area contributed by atoms with Crippen molar-refractivity contribution in [2.75, 3.05) is 45.9 Å². The number of benzene rings is 1. The summed E-state index contributed by atoms with van der Waals surface area (Å²) >= 11 is 0. The molecule has 0 bridgehead atoms. The molecular formula is C20H25N3O4. The summed E-state index contributed by atoms with van der Waals surface area (Å²) in [6, 6.07) is 5.84. The minimum absolute atomic E-state index is 0.243. The van der Waals surface area contributed by atoms with Crippen molar-refractivity contribution in [2.24, 2.45) is 0 Å². The van der Waals surface area contributed by atoms with E-state index in [1.807, 2.05) is 6.07 Å². The molecule has 7 heteroatoms. The molecule has 1 aliphatic heterocycles. The zero-order chi connectivity index (χ0) is 19.1. The predicted octanol–water partition coefficient (Wildman–Crippen LogP) is 3.12. The van der Waals surface area contributed by atoms with E-state index in [1.165, 1.54) is 0 Å². The number of nitriles is 1. The van der Waals surface area contributed by atoms with Crippen LogP contribution in [0.3, 0.4) is 0 Å². The van der Waals surface area contributed by atoms with Gasteiger partial charge < -0.3 is 24.3 Å². The van der Waals surface area contributed by atoms with Gasteiger partial charge in [0.15, 0.2) is 0 Å². The summed E-state index contributed by atoms with van der Waals surface area (Å²) < 4.78 is 22.0. The fourth-order valence-electron chi connectivity index (χ4n) is 3.17. The molecule has 0 amide bonds. The molecule has 27 heavy (non-hydrogen) atoms. The van der Waals surface area contributed by atoms with E-state index in [0.29, 0.717) is 42.3 Å². The van der Waals surface area contributed by atoms with Crippen LogP contribution in [0.5, 0.6) is 11.5 Å². The van der Waals surface area contributed by atoms with Crippen LogP contribution in [0.1, 0.15) is 24.8 Å². The van der Waals surface area contributed by atoms with Crippen LogP contribution in [0, 0.1) is 11.3 Å². The maximum Gasteiger partial charge on any atom is 0.148 e. The Hall–Kier alpha value is -2.56. The number of aromatic nitrogens is 1. The fourth-order valence-corrected chi connectivity index (χ4v) is 3.17. The average Bonchev–Trinajstić information content (AvgIpc) is 3.22. The molecule has 1 aromatic heterocycles. The van der Waals surface area contributed by atoms with Crippen molar-refractivity contribution in [3.8, 4) is 17.6 Å². The minimum Gasteiger partial charge on any atom is -0.497 e. The first-order valence-corrected chi connectivity index (χ1v) is 9.15. The van der Waals surface area contributed by atoms with Gasteiger partial charge in [0.25, 0.3) is 0 Å². The molecule has 7 nitrogen and oxygen atoms in total. The standard InChI is InChI=1S/C20H25N3O4/c1-24-16-9-17-19(14(11-21)12-23-20(17)18(10-16)25-2)22-6-4-7-26-13-15-5-3-8-27-15/h9-10,12,15H,3-8,13H2,1-2H3,(H,22,23)/t15-/m1/s1. The summed E-state index contributed by atoms with van der Waals surface area (Å²) in [5.74, 6) is 1.26. The second-order valence-corrected chi connectivity index (χ2v) is 6.37. The lowest BCUT2D eigenvalue weighted by molar-refractivity contribution is 0.0172. The summed E-state index contributed by atoms with van der Waals surface area (Å²) in [6.45, 7) is 2.81. The van der Waals surface area contributed by atoms with Crippen molar-refractivity contribution >= 4 is 16.6 Å². The van der Waals surface area contributed by atoms with Crippen molar-refractivity contribution < 1.29 is 18.9 Å². The normalized spacial score (nSPS) is 16.3. The molecule has 3 rings (SSSR count). The van der Waals surface area contributed by atoms with E-state index in [4.69, 9.17) is 18.9 Å². The van der Waals surface area contributed by atoms with Crippen LogP contribution in [-0.4, -0.2) is 51.7 Å². The van der Waals surface area contributed by atoms with Gasteiger partial charge in [0.1, 0.15) is 23.1 Å². The first kappa shape index (κ1) is 19.2. The van der Waals surface area contributed by atoms with Crippen molar-refractivity contribution in [3.63, 3.8) is 0 Å². The molecule has 1 aliphatic rings. The van der Waals surface area contributed by atoms with Gasteiger partial charge in [-0.3, -0.25) is 4.98 Å².